The molecule has 2 rings (SSSR count). The first-order valence-electron chi connectivity index (χ1n) is 6.96. The summed E-state index contributed by atoms with van der Waals surface area (Å²) in [6, 6.07) is 0.200. The number of rotatable bonds is 5. The first-order chi connectivity index (χ1) is 9.44. The van der Waals surface area contributed by atoms with Gasteiger partial charge in [0, 0.05) is 12.6 Å². The van der Waals surface area contributed by atoms with E-state index in [2.05, 4.69) is 34.4 Å². The molecule has 0 radical (unpaired) electrons. The molecule has 1 aliphatic rings. The molecule has 0 bridgehead atoms. The molecule has 1 fully saturated rings. The van der Waals surface area contributed by atoms with Gasteiger partial charge < -0.3 is 10.6 Å². The van der Waals surface area contributed by atoms with Crippen LogP contribution in [0.25, 0.3) is 0 Å². The molecule has 1 aromatic rings. The number of anilines is 2. The van der Waals surface area contributed by atoms with Crippen LogP contribution in [-0.2, 0) is 0 Å². The van der Waals surface area contributed by atoms with Gasteiger partial charge in [0.2, 0.25) is 11.8 Å². The van der Waals surface area contributed by atoms with Gasteiger partial charge in [-0.05, 0) is 25.2 Å². The van der Waals surface area contributed by atoms with Crippen molar-refractivity contribution in [1.82, 2.24) is 9.97 Å². The second-order valence-corrected chi connectivity index (χ2v) is 5.79. The van der Waals surface area contributed by atoms with Gasteiger partial charge in [-0.1, -0.05) is 20.3 Å². The van der Waals surface area contributed by atoms with Crippen LogP contribution in [0.4, 0.5) is 17.5 Å². The highest BCUT2D eigenvalue weighted by atomic mass is 16.6. The lowest BCUT2D eigenvalue weighted by Crippen LogP contribution is -2.31. The SMILES string of the molecule is CCNc1ncc([N+](=O)[O-])c(NC2CCCC2(C)C)n1. The van der Waals surface area contributed by atoms with E-state index in [0.717, 1.165) is 19.3 Å². The van der Waals surface area contributed by atoms with Gasteiger partial charge in [0.05, 0.1) is 4.92 Å². The largest absolute Gasteiger partial charge is 0.361 e. The predicted octanol–water partition coefficient (Wildman–Crippen LogP) is 2.81. The minimum Gasteiger partial charge on any atom is -0.361 e. The fourth-order valence-electron chi connectivity index (χ4n) is 2.62. The third-order valence-electron chi connectivity index (χ3n) is 3.87. The Morgan fingerprint density at radius 1 is 1.55 bits per heavy atom. The van der Waals surface area contributed by atoms with Crippen molar-refractivity contribution in [2.45, 2.75) is 46.1 Å². The molecular weight excluding hydrogens is 258 g/mol. The zero-order chi connectivity index (χ0) is 14.8. The minimum atomic E-state index is -0.444. The van der Waals surface area contributed by atoms with Crippen molar-refractivity contribution in [3.8, 4) is 0 Å². The minimum absolute atomic E-state index is 0.0747. The third kappa shape index (κ3) is 2.97. The van der Waals surface area contributed by atoms with Crippen molar-refractivity contribution in [3.05, 3.63) is 16.3 Å². The number of aromatic nitrogens is 2. The van der Waals surface area contributed by atoms with Crippen molar-refractivity contribution in [2.75, 3.05) is 17.2 Å². The molecule has 0 aromatic carbocycles. The van der Waals surface area contributed by atoms with Crippen LogP contribution >= 0.6 is 0 Å². The quantitative estimate of drug-likeness (QED) is 0.636. The molecule has 1 aliphatic carbocycles. The summed E-state index contributed by atoms with van der Waals surface area (Å²) in [5, 5.41) is 17.3. The zero-order valence-corrected chi connectivity index (χ0v) is 12.1. The van der Waals surface area contributed by atoms with Crippen molar-refractivity contribution in [2.24, 2.45) is 5.41 Å². The maximum atomic E-state index is 11.1. The van der Waals surface area contributed by atoms with Gasteiger partial charge in [0.15, 0.2) is 0 Å². The lowest BCUT2D eigenvalue weighted by molar-refractivity contribution is -0.384. The molecule has 2 N–H and O–H groups in total. The van der Waals surface area contributed by atoms with Crippen molar-refractivity contribution >= 4 is 17.5 Å². The van der Waals surface area contributed by atoms with Crippen LogP contribution in [0.3, 0.4) is 0 Å². The van der Waals surface area contributed by atoms with Gasteiger partial charge in [0.25, 0.3) is 0 Å². The van der Waals surface area contributed by atoms with E-state index < -0.39 is 4.92 Å². The monoisotopic (exact) mass is 279 g/mol. The first kappa shape index (κ1) is 14.5. The zero-order valence-electron chi connectivity index (χ0n) is 12.1. The van der Waals surface area contributed by atoms with E-state index in [1.54, 1.807) is 0 Å². The number of hydrogen-bond acceptors (Lipinski definition) is 6. The Balaban J connectivity index is 2.28. The average Bonchev–Trinajstić information content (AvgIpc) is 2.69. The third-order valence-corrected chi connectivity index (χ3v) is 3.87. The molecule has 20 heavy (non-hydrogen) atoms. The topological polar surface area (TPSA) is 93.0 Å². The molecule has 0 saturated heterocycles. The van der Waals surface area contributed by atoms with Crippen LogP contribution in [0.1, 0.15) is 40.0 Å². The van der Waals surface area contributed by atoms with Gasteiger partial charge in [-0.3, -0.25) is 10.1 Å². The smallest absolute Gasteiger partial charge is 0.329 e. The van der Waals surface area contributed by atoms with Gasteiger partial charge in [-0.2, -0.15) is 4.98 Å². The molecule has 0 spiro atoms. The molecule has 0 aliphatic heterocycles. The fourth-order valence-corrected chi connectivity index (χ4v) is 2.62. The van der Waals surface area contributed by atoms with E-state index in [-0.39, 0.29) is 17.1 Å². The van der Waals surface area contributed by atoms with Crippen molar-refractivity contribution < 1.29 is 4.92 Å². The molecule has 1 aromatic heterocycles. The number of nitro groups is 1. The van der Waals surface area contributed by atoms with Crippen molar-refractivity contribution in [3.63, 3.8) is 0 Å². The highest BCUT2D eigenvalue weighted by Crippen LogP contribution is 2.39. The lowest BCUT2D eigenvalue weighted by Gasteiger charge is -2.28. The number of nitrogens with zero attached hydrogens (tertiary/aromatic N) is 3. The summed E-state index contributed by atoms with van der Waals surface area (Å²) in [5.41, 5.74) is 0.0475. The van der Waals surface area contributed by atoms with Gasteiger partial charge in [0.1, 0.15) is 6.20 Å². The summed E-state index contributed by atoms with van der Waals surface area (Å²) in [5.74, 6) is 0.720. The Bertz CT molecular complexity index is 504. The molecular formula is C13H21N5O2. The molecule has 1 heterocycles. The van der Waals surface area contributed by atoms with E-state index in [0.29, 0.717) is 18.3 Å². The van der Waals surface area contributed by atoms with Gasteiger partial charge in [-0.25, -0.2) is 4.98 Å². The summed E-state index contributed by atoms with van der Waals surface area (Å²) in [6.45, 7) is 6.95. The standard InChI is InChI=1S/C13H21N5O2/c1-4-14-12-15-8-9(18(19)20)11(17-12)16-10-6-5-7-13(10,2)3/h8,10H,4-7H2,1-3H3,(H2,14,15,16,17). The van der Waals surface area contributed by atoms with Crippen LogP contribution in [0, 0.1) is 15.5 Å². The van der Waals surface area contributed by atoms with Crippen LogP contribution < -0.4 is 10.6 Å². The van der Waals surface area contributed by atoms with Gasteiger partial charge >= 0.3 is 5.69 Å². The molecule has 1 atom stereocenters. The average molecular weight is 279 g/mol. The van der Waals surface area contributed by atoms with Crippen LogP contribution in [-0.4, -0.2) is 27.5 Å². The van der Waals surface area contributed by atoms with Crippen LogP contribution in [0.15, 0.2) is 6.20 Å². The van der Waals surface area contributed by atoms with E-state index in [1.165, 1.54) is 6.20 Å². The summed E-state index contributed by atoms with van der Waals surface area (Å²) >= 11 is 0. The first-order valence-corrected chi connectivity index (χ1v) is 6.96. The fraction of sp³-hybridized carbons (Fsp3) is 0.692. The maximum Gasteiger partial charge on any atom is 0.329 e. The molecule has 1 unspecified atom stereocenters. The van der Waals surface area contributed by atoms with Crippen LogP contribution in [0.5, 0.6) is 0 Å². The molecule has 110 valence electrons. The highest BCUT2D eigenvalue weighted by molar-refractivity contribution is 5.57. The normalized spacial score (nSPS) is 20.6. The Labute approximate surface area is 118 Å². The second kappa shape index (κ2) is 5.60. The van der Waals surface area contributed by atoms with Crippen LogP contribution in [0.2, 0.25) is 0 Å². The van der Waals surface area contributed by atoms with Gasteiger partial charge in [-0.15, -0.1) is 0 Å². The predicted molar refractivity (Wildman–Crippen MR) is 77.9 cm³/mol. The Morgan fingerprint density at radius 3 is 2.85 bits per heavy atom. The number of nitrogens with one attached hydrogen (secondary N) is 2. The molecule has 7 heteroatoms. The van der Waals surface area contributed by atoms with E-state index in [1.807, 2.05) is 6.92 Å². The molecule has 1 saturated carbocycles. The summed E-state index contributed by atoms with van der Waals surface area (Å²) in [7, 11) is 0. The summed E-state index contributed by atoms with van der Waals surface area (Å²) < 4.78 is 0. The van der Waals surface area contributed by atoms with E-state index in [9.17, 15) is 10.1 Å². The lowest BCUT2D eigenvalue weighted by atomic mass is 9.87. The Morgan fingerprint density at radius 2 is 2.30 bits per heavy atom. The van der Waals surface area contributed by atoms with E-state index in [4.69, 9.17) is 0 Å². The number of hydrogen-bond donors (Lipinski definition) is 2. The Kier molecular flexibility index (Phi) is 4.06. The molecule has 0 amide bonds. The van der Waals surface area contributed by atoms with E-state index >= 15 is 0 Å². The summed E-state index contributed by atoms with van der Waals surface area (Å²) in [6.07, 6.45) is 4.51. The second-order valence-electron chi connectivity index (χ2n) is 5.79. The summed E-state index contributed by atoms with van der Waals surface area (Å²) in [4.78, 5) is 18.8. The highest BCUT2D eigenvalue weighted by Gasteiger charge is 2.36. The maximum absolute atomic E-state index is 11.1. The Hall–Kier alpha value is -1.92. The van der Waals surface area contributed by atoms with Crippen molar-refractivity contribution in [1.29, 1.82) is 0 Å². The molecule has 7 nitrogen and oxygen atoms in total.